The maximum atomic E-state index is 10.7. The van der Waals surface area contributed by atoms with Crippen LogP contribution in [0.15, 0.2) is 24.3 Å². The number of hydrogen-bond donors (Lipinski definition) is 2. The second-order valence-electron chi connectivity index (χ2n) is 10.3. The molecule has 1 atom stereocenters. The Kier molecular flexibility index (Phi) is 19.9. The first-order valence-corrected chi connectivity index (χ1v) is 14.3. The Labute approximate surface area is 215 Å². The fourth-order valence-corrected chi connectivity index (χ4v) is 7.66. The zero-order valence-corrected chi connectivity index (χ0v) is 26.0. The van der Waals surface area contributed by atoms with Crippen molar-refractivity contribution in [1.82, 2.24) is 0 Å². The maximum absolute atomic E-state index is 10.7. The molecule has 2 N–H and O–H groups in total. The molecule has 0 aliphatic heterocycles. The first kappa shape index (κ1) is 39.5. The standard InChI is InChI=1S/C13H32O6Si2.C8H12.2CH3.Pd/c1-11(2,3)16-20(10,14)19-21(15,17-12(4,5)6)18-13(7,8)9;1-2-4-6-8-7-5-3-1;;;/h14-15H,1-10H3;1-2,7-8H,3-6H2;2*1H3;/q;;2*-1;+2/b;2-1-,8-7?;;;. The van der Waals surface area contributed by atoms with E-state index in [2.05, 4.69) is 24.3 Å². The molecule has 0 aromatic rings. The topological polar surface area (TPSA) is 77.4 Å². The Morgan fingerprint density at radius 2 is 0.844 bits per heavy atom. The molecule has 9 heteroatoms. The van der Waals surface area contributed by atoms with Gasteiger partial charge in [-0.3, -0.25) is 0 Å². The van der Waals surface area contributed by atoms with E-state index in [1.165, 1.54) is 32.2 Å². The average molecular weight is 585 g/mol. The summed E-state index contributed by atoms with van der Waals surface area (Å²) in [4.78, 5) is 21.1. The summed E-state index contributed by atoms with van der Waals surface area (Å²) in [5, 5.41) is 0. The van der Waals surface area contributed by atoms with Crippen molar-refractivity contribution < 1.29 is 47.4 Å². The summed E-state index contributed by atoms with van der Waals surface area (Å²) in [5.74, 6) is 0. The Hall–Kier alpha value is 0.336. The Balaban J connectivity index is -0.000000301. The van der Waals surface area contributed by atoms with Gasteiger partial charge in [0.2, 0.25) is 0 Å². The summed E-state index contributed by atoms with van der Waals surface area (Å²) >= 11 is 0. The second-order valence-corrected chi connectivity index (χ2v) is 14.5. The van der Waals surface area contributed by atoms with Gasteiger partial charge in [-0.15, -0.1) is 0 Å². The van der Waals surface area contributed by atoms with Gasteiger partial charge in [-0.1, -0.05) is 24.3 Å². The van der Waals surface area contributed by atoms with Crippen LogP contribution in [-0.4, -0.2) is 44.2 Å². The van der Waals surface area contributed by atoms with E-state index < -0.39 is 34.7 Å². The van der Waals surface area contributed by atoms with Gasteiger partial charge < -0.3 is 41.8 Å². The van der Waals surface area contributed by atoms with Crippen LogP contribution in [-0.2, 0) is 37.8 Å². The summed E-state index contributed by atoms with van der Waals surface area (Å²) in [6, 6.07) is 0. The van der Waals surface area contributed by atoms with Crippen LogP contribution in [0.4, 0.5) is 0 Å². The van der Waals surface area contributed by atoms with Crippen molar-refractivity contribution in [3.05, 3.63) is 39.2 Å². The van der Waals surface area contributed by atoms with Crippen LogP contribution in [0.1, 0.15) is 88.0 Å². The van der Waals surface area contributed by atoms with Crippen molar-refractivity contribution in [3.63, 3.8) is 0 Å². The minimum absolute atomic E-state index is 0. The molecular formula is C23H50O6PdSi2. The molecule has 0 fully saturated rings. The van der Waals surface area contributed by atoms with Gasteiger partial charge in [-0.25, -0.2) is 0 Å². The summed E-state index contributed by atoms with van der Waals surface area (Å²) in [7, 11) is -7.68. The fourth-order valence-electron chi connectivity index (χ4n) is 2.52. The van der Waals surface area contributed by atoms with E-state index in [-0.39, 0.29) is 35.3 Å². The van der Waals surface area contributed by atoms with E-state index in [1.54, 1.807) is 62.3 Å². The molecule has 6 nitrogen and oxygen atoms in total. The Morgan fingerprint density at radius 1 is 0.594 bits per heavy atom. The van der Waals surface area contributed by atoms with E-state index in [9.17, 15) is 9.59 Å². The quantitative estimate of drug-likeness (QED) is 0.234. The second kappa shape index (κ2) is 16.1. The van der Waals surface area contributed by atoms with Gasteiger partial charge in [-0.05, 0) is 88.0 Å². The van der Waals surface area contributed by atoms with Gasteiger partial charge in [0, 0.05) is 6.55 Å². The predicted molar refractivity (Wildman–Crippen MR) is 135 cm³/mol. The molecular weight excluding hydrogens is 535 g/mol. The normalized spacial score (nSPS) is 17.6. The van der Waals surface area contributed by atoms with Gasteiger partial charge in [0.1, 0.15) is 0 Å². The third-order valence-electron chi connectivity index (χ3n) is 3.02. The number of hydrogen-bond acceptors (Lipinski definition) is 6. The van der Waals surface area contributed by atoms with Crippen molar-refractivity contribution >= 4 is 17.9 Å². The molecule has 0 bridgehead atoms. The van der Waals surface area contributed by atoms with Crippen molar-refractivity contribution in [1.29, 1.82) is 0 Å². The van der Waals surface area contributed by atoms with Crippen molar-refractivity contribution in [2.45, 2.75) is 111 Å². The summed E-state index contributed by atoms with van der Waals surface area (Å²) in [6.07, 6.45) is 14.0. The molecule has 1 aliphatic rings. The minimum atomic E-state index is -4.07. The molecule has 0 saturated heterocycles. The zero-order chi connectivity index (χ0) is 23.0. The SMILES string of the molecule is C1=CCC/C=C\CC1.CC(C)(C)O[Si](C)(O)O[Si](O)(OC(C)(C)C)OC(C)(C)C.[CH3-].[CH3-].[Pd+2]. The number of rotatable bonds is 5. The molecule has 1 unspecified atom stereocenters. The molecule has 0 aromatic carbocycles. The van der Waals surface area contributed by atoms with Crippen LogP contribution in [0.5, 0.6) is 0 Å². The van der Waals surface area contributed by atoms with E-state index in [4.69, 9.17) is 17.4 Å². The molecule has 0 radical (unpaired) electrons. The van der Waals surface area contributed by atoms with Crippen molar-refractivity contribution in [3.8, 4) is 0 Å². The first-order valence-electron chi connectivity index (χ1n) is 10.4. The number of allylic oxidation sites excluding steroid dienone is 4. The third-order valence-corrected chi connectivity index (χ3v) is 8.30. The Bertz CT molecular complexity index is 490. The molecule has 1 rings (SSSR count). The smallest absolute Gasteiger partial charge is 0.390 e. The third kappa shape index (κ3) is 25.0. The molecule has 0 spiro atoms. The zero-order valence-electron chi connectivity index (χ0n) is 22.5. The van der Waals surface area contributed by atoms with Crippen LogP contribution in [0.25, 0.3) is 0 Å². The Morgan fingerprint density at radius 3 is 1.06 bits per heavy atom. The van der Waals surface area contributed by atoms with Crippen LogP contribution in [0.3, 0.4) is 0 Å². The summed E-state index contributed by atoms with van der Waals surface area (Å²) in [5.41, 5.74) is -1.97. The summed E-state index contributed by atoms with van der Waals surface area (Å²) in [6.45, 7) is 17.5. The van der Waals surface area contributed by atoms with Crippen LogP contribution < -0.4 is 0 Å². The van der Waals surface area contributed by atoms with Gasteiger partial charge in [0.05, 0.1) is 16.8 Å². The maximum Gasteiger partial charge on any atom is 2.00 e. The molecule has 196 valence electrons. The van der Waals surface area contributed by atoms with Gasteiger partial charge in [-0.2, -0.15) is 0 Å². The van der Waals surface area contributed by atoms with E-state index >= 15 is 0 Å². The monoisotopic (exact) mass is 584 g/mol. The van der Waals surface area contributed by atoms with E-state index in [0.29, 0.717) is 0 Å². The van der Waals surface area contributed by atoms with Crippen molar-refractivity contribution in [2.75, 3.05) is 0 Å². The molecule has 0 saturated carbocycles. The van der Waals surface area contributed by atoms with Crippen LogP contribution in [0.2, 0.25) is 6.55 Å². The van der Waals surface area contributed by atoms with Gasteiger partial charge in [0.15, 0.2) is 0 Å². The first-order chi connectivity index (χ1) is 12.8. The summed E-state index contributed by atoms with van der Waals surface area (Å²) < 4.78 is 22.2. The van der Waals surface area contributed by atoms with Gasteiger partial charge >= 0.3 is 38.3 Å². The van der Waals surface area contributed by atoms with E-state index in [0.717, 1.165) is 0 Å². The molecule has 32 heavy (non-hydrogen) atoms. The van der Waals surface area contributed by atoms with Crippen molar-refractivity contribution in [2.24, 2.45) is 0 Å². The average Bonchev–Trinajstić information content (AvgIpc) is 2.27. The molecule has 0 amide bonds. The largest absolute Gasteiger partial charge is 2.00 e. The molecule has 1 aliphatic carbocycles. The fraction of sp³-hybridized carbons (Fsp3) is 0.739. The molecule has 0 aromatic heterocycles. The van der Waals surface area contributed by atoms with Gasteiger partial charge in [0.25, 0.3) is 0 Å². The van der Waals surface area contributed by atoms with E-state index in [1.807, 2.05) is 0 Å². The minimum Gasteiger partial charge on any atom is -0.390 e. The van der Waals surface area contributed by atoms with Crippen LogP contribution in [0, 0.1) is 14.9 Å². The van der Waals surface area contributed by atoms with Crippen LogP contribution >= 0.6 is 0 Å². The molecule has 0 heterocycles. The predicted octanol–water partition coefficient (Wildman–Crippen LogP) is 6.01.